The molecule has 0 saturated carbocycles. The van der Waals surface area contributed by atoms with Crippen molar-refractivity contribution in [2.45, 2.75) is 18.2 Å². The summed E-state index contributed by atoms with van der Waals surface area (Å²) in [4.78, 5) is 10.7. The van der Waals surface area contributed by atoms with Gasteiger partial charge in [-0.1, -0.05) is 18.2 Å². The molecule has 7 heteroatoms. The van der Waals surface area contributed by atoms with E-state index in [1.165, 1.54) is 0 Å². The maximum absolute atomic E-state index is 12.3. The zero-order valence-corrected chi connectivity index (χ0v) is 12.1. The molecule has 0 atom stereocenters. The molecule has 0 bridgehead atoms. The number of aliphatic carboxylic acids is 1. The Hall–Kier alpha value is -1.86. The van der Waals surface area contributed by atoms with Crippen molar-refractivity contribution >= 4 is 26.9 Å². The molecule has 1 aromatic carbocycles. The summed E-state index contributed by atoms with van der Waals surface area (Å²) in [5, 5.41) is 9.21. The molecule has 2 rings (SSSR count). The third-order valence-corrected chi connectivity index (χ3v) is 4.88. The molecule has 0 amide bonds. The number of aryl methyl sites for hydroxylation is 1. The van der Waals surface area contributed by atoms with Gasteiger partial charge in [0, 0.05) is 30.2 Å². The van der Waals surface area contributed by atoms with Crippen LogP contribution >= 0.6 is 0 Å². The van der Waals surface area contributed by atoms with Gasteiger partial charge in [0.05, 0.1) is 6.42 Å². The first-order valence-electron chi connectivity index (χ1n) is 6.10. The Morgan fingerprint density at radius 3 is 2.65 bits per heavy atom. The normalized spacial score (nSPS) is 11.9. The molecule has 1 heterocycles. The largest absolute Gasteiger partial charge is 0.481 e. The third kappa shape index (κ3) is 2.54. The number of rotatable bonds is 5. The molecule has 20 heavy (non-hydrogen) atoms. The van der Waals surface area contributed by atoms with Crippen molar-refractivity contribution < 1.29 is 18.3 Å². The van der Waals surface area contributed by atoms with Gasteiger partial charge >= 0.3 is 5.97 Å². The average Bonchev–Trinajstić information content (AvgIpc) is 2.62. The van der Waals surface area contributed by atoms with Crippen LogP contribution in [0.2, 0.25) is 0 Å². The van der Waals surface area contributed by atoms with Gasteiger partial charge in [0.25, 0.3) is 0 Å². The van der Waals surface area contributed by atoms with Crippen LogP contribution in [0.5, 0.6) is 0 Å². The highest BCUT2D eigenvalue weighted by Gasteiger charge is 2.23. The van der Waals surface area contributed by atoms with Crippen LogP contribution in [-0.4, -0.2) is 30.6 Å². The maximum atomic E-state index is 12.3. The monoisotopic (exact) mass is 296 g/mol. The Balaban J connectivity index is 2.46. The first-order chi connectivity index (χ1) is 9.34. The van der Waals surface area contributed by atoms with Crippen molar-refractivity contribution in [1.29, 1.82) is 0 Å². The molecule has 0 aliphatic heterocycles. The molecule has 0 unspecified atom stereocenters. The van der Waals surface area contributed by atoms with Crippen LogP contribution < -0.4 is 4.72 Å². The summed E-state index contributed by atoms with van der Waals surface area (Å²) in [6.45, 7) is 1.60. The number of aromatic nitrogens is 1. The Bertz CT molecular complexity index is 762. The minimum Gasteiger partial charge on any atom is -0.481 e. The van der Waals surface area contributed by atoms with Gasteiger partial charge in [-0.15, -0.1) is 0 Å². The second-order valence-corrected chi connectivity index (χ2v) is 6.24. The number of nitrogens with zero attached hydrogens (tertiary/aromatic N) is 1. The molecular formula is C13H16N2O4S. The number of para-hydroxylation sites is 1. The van der Waals surface area contributed by atoms with E-state index in [1.807, 2.05) is 12.1 Å². The van der Waals surface area contributed by atoms with Crippen LogP contribution in [0.3, 0.4) is 0 Å². The molecule has 108 valence electrons. The molecule has 2 aromatic rings. The smallest absolute Gasteiger partial charge is 0.304 e. The summed E-state index contributed by atoms with van der Waals surface area (Å²) in [5.41, 5.74) is 1.44. The predicted molar refractivity (Wildman–Crippen MR) is 75.1 cm³/mol. The number of sulfonamides is 1. The highest BCUT2D eigenvalue weighted by atomic mass is 32.2. The fourth-order valence-corrected chi connectivity index (χ4v) is 3.69. The molecule has 2 N–H and O–H groups in total. The Morgan fingerprint density at radius 1 is 1.35 bits per heavy atom. The van der Waals surface area contributed by atoms with Crippen molar-refractivity contribution in [3.63, 3.8) is 0 Å². The number of nitrogens with one attached hydrogen (secondary N) is 1. The number of benzene rings is 1. The molecular weight excluding hydrogens is 280 g/mol. The van der Waals surface area contributed by atoms with E-state index in [9.17, 15) is 13.2 Å². The van der Waals surface area contributed by atoms with E-state index >= 15 is 0 Å². The van der Waals surface area contributed by atoms with Crippen LogP contribution in [0.25, 0.3) is 10.9 Å². The number of carbonyl (C=O) groups is 1. The summed E-state index contributed by atoms with van der Waals surface area (Å²) in [6.07, 6.45) is -0.247. The number of carboxylic acids is 1. The lowest BCUT2D eigenvalue weighted by Crippen LogP contribution is -2.26. The minimum absolute atomic E-state index is 0.125. The van der Waals surface area contributed by atoms with Gasteiger partial charge in [-0.25, -0.2) is 13.1 Å². The van der Waals surface area contributed by atoms with Gasteiger partial charge in [0.15, 0.2) is 0 Å². The van der Waals surface area contributed by atoms with Crippen molar-refractivity contribution in [3.8, 4) is 0 Å². The third-order valence-electron chi connectivity index (χ3n) is 3.24. The van der Waals surface area contributed by atoms with E-state index in [-0.39, 0.29) is 17.9 Å². The average molecular weight is 296 g/mol. The first kappa shape index (κ1) is 14.5. The van der Waals surface area contributed by atoms with Gasteiger partial charge in [0.2, 0.25) is 10.0 Å². The molecule has 0 spiro atoms. The summed E-state index contributed by atoms with van der Waals surface area (Å²) in [6, 6.07) is 7.21. The number of hydrogen-bond donors (Lipinski definition) is 2. The Morgan fingerprint density at radius 2 is 2.00 bits per heavy atom. The summed E-state index contributed by atoms with van der Waals surface area (Å²) in [7, 11) is -1.93. The quantitative estimate of drug-likeness (QED) is 0.869. The van der Waals surface area contributed by atoms with Crippen LogP contribution in [0, 0.1) is 6.92 Å². The SMILES string of the molecule is Cc1c(S(=O)(=O)NCCC(=O)O)c2ccccc2n1C. The zero-order valence-electron chi connectivity index (χ0n) is 11.3. The molecule has 0 aliphatic carbocycles. The molecule has 0 aliphatic rings. The van der Waals surface area contributed by atoms with Crippen LogP contribution in [0.15, 0.2) is 29.2 Å². The maximum Gasteiger partial charge on any atom is 0.304 e. The van der Waals surface area contributed by atoms with Gasteiger partial charge in [0.1, 0.15) is 4.90 Å². The van der Waals surface area contributed by atoms with E-state index in [0.29, 0.717) is 11.1 Å². The second kappa shape index (κ2) is 5.26. The van der Waals surface area contributed by atoms with E-state index in [2.05, 4.69) is 4.72 Å². The molecule has 0 fully saturated rings. The van der Waals surface area contributed by atoms with Crippen LogP contribution in [-0.2, 0) is 21.9 Å². The molecule has 0 saturated heterocycles. The van der Waals surface area contributed by atoms with Crippen molar-refractivity contribution in [2.24, 2.45) is 7.05 Å². The minimum atomic E-state index is -3.73. The summed E-state index contributed by atoms with van der Waals surface area (Å²) < 4.78 is 28.8. The molecule has 0 radical (unpaired) electrons. The zero-order chi connectivity index (χ0) is 14.9. The van der Waals surface area contributed by atoms with Gasteiger partial charge in [-0.05, 0) is 13.0 Å². The first-order valence-corrected chi connectivity index (χ1v) is 7.58. The van der Waals surface area contributed by atoms with E-state index in [1.54, 1.807) is 30.7 Å². The lowest BCUT2D eigenvalue weighted by molar-refractivity contribution is -0.136. The Labute approximate surface area is 117 Å². The predicted octanol–water partition coefficient (Wildman–Crippen LogP) is 1.24. The highest BCUT2D eigenvalue weighted by Crippen LogP contribution is 2.28. The van der Waals surface area contributed by atoms with E-state index < -0.39 is 16.0 Å². The number of carboxylic acid groups (broad SMARTS) is 1. The fraction of sp³-hybridized carbons (Fsp3) is 0.308. The van der Waals surface area contributed by atoms with Crippen molar-refractivity contribution in [3.05, 3.63) is 30.0 Å². The van der Waals surface area contributed by atoms with Gasteiger partial charge < -0.3 is 9.67 Å². The number of hydrogen-bond acceptors (Lipinski definition) is 3. The lowest BCUT2D eigenvalue weighted by atomic mass is 10.2. The topological polar surface area (TPSA) is 88.4 Å². The van der Waals surface area contributed by atoms with Gasteiger partial charge in [-0.3, -0.25) is 4.79 Å². The molecule has 1 aromatic heterocycles. The lowest BCUT2D eigenvalue weighted by Gasteiger charge is -2.06. The molecule has 6 nitrogen and oxygen atoms in total. The van der Waals surface area contributed by atoms with Crippen molar-refractivity contribution in [2.75, 3.05) is 6.54 Å². The fourth-order valence-electron chi connectivity index (χ4n) is 2.19. The van der Waals surface area contributed by atoms with Gasteiger partial charge in [-0.2, -0.15) is 0 Å². The van der Waals surface area contributed by atoms with Crippen molar-refractivity contribution in [1.82, 2.24) is 9.29 Å². The second-order valence-electron chi connectivity index (χ2n) is 4.53. The van der Waals surface area contributed by atoms with E-state index in [0.717, 1.165) is 5.52 Å². The summed E-state index contributed by atoms with van der Waals surface area (Å²) in [5.74, 6) is -1.04. The summed E-state index contributed by atoms with van der Waals surface area (Å²) >= 11 is 0. The van der Waals surface area contributed by atoms with Crippen LogP contribution in [0.4, 0.5) is 0 Å². The standard InChI is InChI=1S/C13H16N2O4S/c1-9-13(20(18,19)14-8-7-12(16)17)10-5-3-4-6-11(10)15(9)2/h3-6,14H,7-8H2,1-2H3,(H,16,17). The highest BCUT2D eigenvalue weighted by molar-refractivity contribution is 7.89. The Kier molecular flexibility index (Phi) is 3.82. The number of fused-ring (bicyclic) bond motifs is 1. The van der Waals surface area contributed by atoms with E-state index in [4.69, 9.17) is 5.11 Å². The van der Waals surface area contributed by atoms with Crippen LogP contribution in [0.1, 0.15) is 12.1 Å².